The molecule has 0 aliphatic carbocycles. The van der Waals surface area contributed by atoms with Crippen molar-refractivity contribution in [2.75, 3.05) is 45.8 Å². The van der Waals surface area contributed by atoms with Crippen LogP contribution in [0.3, 0.4) is 0 Å². The lowest BCUT2D eigenvalue weighted by molar-refractivity contribution is 0.0651. The summed E-state index contributed by atoms with van der Waals surface area (Å²) in [5, 5.41) is 11.9. The van der Waals surface area contributed by atoms with Gasteiger partial charge in [0.25, 0.3) is 5.91 Å². The minimum atomic E-state index is -0.205. The highest BCUT2D eigenvalue weighted by Gasteiger charge is 2.16. The molecule has 0 bridgehead atoms. The molecule has 1 amide bonds. The Bertz CT molecular complexity index is 367. The van der Waals surface area contributed by atoms with E-state index < -0.39 is 0 Å². The maximum atomic E-state index is 12.1. The maximum absolute atomic E-state index is 12.1. The summed E-state index contributed by atoms with van der Waals surface area (Å²) in [6, 6.07) is 3.44. The van der Waals surface area contributed by atoms with E-state index in [1.165, 1.54) is 4.90 Å². The lowest BCUT2D eigenvalue weighted by atomic mass is 10.3. The highest BCUT2D eigenvalue weighted by molar-refractivity contribution is 5.92. The summed E-state index contributed by atoms with van der Waals surface area (Å²) in [6.07, 6.45) is 1.60. The van der Waals surface area contributed by atoms with Gasteiger partial charge < -0.3 is 20.1 Å². The Labute approximate surface area is 107 Å². The van der Waals surface area contributed by atoms with Gasteiger partial charge in [0, 0.05) is 27.2 Å². The second-order valence-electron chi connectivity index (χ2n) is 3.69. The SMILES string of the molecule is CNc1ccc(C(=O)N(CCO)CCOC)nc1. The predicted octanol–water partition coefficient (Wildman–Crippen LogP) is 0.204. The van der Waals surface area contributed by atoms with Crippen molar-refractivity contribution in [2.24, 2.45) is 0 Å². The molecule has 0 atom stereocenters. The number of pyridine rings is 1. The third kappa shape index (κ3) is 3.97. The maximum Gasteiger partial charge on any atom is 0.272 e. The van der Waals surface area contributed by atoms with Crippen LogP contribution in [0.15, 0.2) is 18.3 Å². The van der Waals surface area contributed by atoms with Gasteiger partial charge in [0.1, 0.15) is 5.69 Å². The Hall–Kier alpha value is -1.66. The van der Waals surface area contributed by atoms with Crippen LogP contribution in [0.5, 0.6) is 0 Å². The van der Waals surface area contributed by atoms with E-state index in [1.807, 2.05) is 0 Å². The number of methoxy groups -OCH3 is 1. The van der Waals surface area contributed by atoms with Gasteiger partial charge >= 0.3 is 0 Å². The van der Waals surface area contributed by atoms with Crippen molar-refractivity contribution in [3.63, 3.8) is 0 Å². The summed E-state index contributed by atoms with van der Waals surface area (Å²) in [5.74, 6) is -0.205. The number of hydrogen-bond donors (Lipinski definition) is 2. The average molecular weight is 253 g/mol. The molecular weight excluding hydrogens is 234 g/mol. The Morgan fingerprint density at radius 2 is 2.28 bits per heavy atom. The lowest BCUT2D eigenvalue weighted by Crippen LogP contribution is -2.36. The van der Waals surface area contributed by atoms with E-state index in [-0.39, 0.29) is 19.1 Å². The number of amides is 1. The zero-order valence-electron chi connectivity index (χ0n) is 10.7. The van der Waals surface area contributed by atoms with Crippen LogP contribution in [0.4, 0.5) is 5.69 Å². The number of nitrogens with one attached hydrogen (secondary N) is 1. The molecule has 18 heavy (non-hydrogen) atoms. The monoisotopic (exact) mass is 253 g/mol. The average Bonchev–Trinajstić information content (AvgIpc) is 2.43. The topological polar surface area (TPSA) is 74.7 Å². The molecule has 0 spiro atoms. The van der Waals surface area contributed by atoms with E-state index in [1.54, 1.807) is 32.5 Å². The highest BCUT2D eigenvalue weighted by Crippen LogP contribution is 2.07. The van der Waals surface area contributed by atoms with Gasteiger partial charge in [0.2, 0.25) is 0 Å². The number of carbonyl (C=O) groups excluding carboxylic acids is 1. The van der Waals surface area contributed by atoms with E-state index in [0.717, 1.165) is 5.69 Å². The number of carbonyl (C=O) groups is 1. The second kappa shape index (κ2) is 7.62. The summed E-state index contributed by atoms with van der Waals surface area (Å²) in [6.45, 7) is 1.06. The molecule has 100 valence electrons. The molecule has 6 nitrogen and oxygen atoms in total. The zero-order chi connectivity index (χ0) is 13.4. The number of aromatic nitrogens is 1. The van der Waals surface area contributed by atoms with Gasteiger partial charge in [-0.25, -0.2) is 4.98 Å². The summed E-state index contributed by atoms with van der Waals surface area (Å²) in [5.41, 5.74) is 1.20. The molecule has 1 aromatic heterocycles. The van der Waals surface area contributed by atoms with E-state index in [2.05, 4.69) is 10.3 Å². The van der Waals surface area contributed by atoms with Gasteiger partial charge in [-0.3, -0.25) is 4.79 Å². The van der Waals surface area contributed by atoms with Crippen LogP contribution in [0.2, 0.25) is 0 Å². The van der Waals surface area contributed by atoms with Gasteiger partial charge in [-0.05, 0) is 12.1 Å². The standard InChI is InChI=1S/C12H19N3O3/c1-13-10-3-4-11(14-9-10)12(17)15(5-7-16)6-8-18-2/h3-4,9,13,16H,5-8H2,1-2H3. The van der Waals surface area contributed by atoms with E-state index in [9.17, 15) is 4.79 Å². The number of anilines is 1. The van der Waals surface area contributed by atoms with Gasteiger partial charge in [0.05, 0.1) is 25.1 Å². The Morgan fingerprint density at radius 3 is 2.78 bits per heavy atom. The van der Waals surface area contributed by atoms with Gasteiger partial charge in [-0.15, -0.1) is 0 Å². The number of nitrogens with zero attached hydrogens (tertiary/aromatic N) is 2. The molecule has 0 unspecified atom stereocenters. The first kappa shape index (κ1) is 14.4. The van der Waals surface area contributed by atoms with Crippen LogP contribution in [-0.4, -0.2) is 61.4 Å². The Kier molecular flexibility index (Phi) is 6.10. The molecule has 0 fully saturated rings. The van der Waals surface area contributed by atoms with E-state index >= 15 is 0 Å². The molecule has 0 saturated carbocycles. The van der Waals surface area contributed by atoms with Crippen LogP contribution < -0.4 is 5.32 Å². The van der Waals surface area contributed by atoms with Crippen LogP contribution in [0, 0.1) is 0 Å². The van der Waals surface area contributed by atoms with Gasteiger partial charge in [-0.2, -0.15) is 0 Å². The summed E-state index contributed by atoms with van der Waals surface area (Å²) in [7, 11) is 3.36. The quantitative estimate of drug-likeness (QED) is 0.726. The highest BCUT2D eigenvalue weighted by atomic mass is 16.5. The van der Waals surface area contributed by atoms with Crippen LogP contribution in [-0.2, 0) is 4.74 Å². The first-order valence-corrected chi connectivity index (χ1v) is 5.75. The largest absolute Gasteiger partial charge is 0.395 e. The number of aliphatic hydroxyl groups is 1. The third-order valence-corrected chi connectivity index (χ3v) is 2.49. The first-order chi connectivity index (χ1) is 8.72. The normalized spacial score (nSPS) is 10.2. The smallest absolute Gasteiger partial charge is 0.272 e. The molecule has 0 radical (unpaired) electrons. The van der Waals surface area contributed by atoms with Crippen LogP contribution >= 0.6 is 0 Å². The molecule has 2 N–H and O–H groups in total. The molecule has 6 heteroatoms. The Balaban J connectivity index is 2.73. The molecule has 1 heterocycles. The number of ether oxygens (including phenoxy) is 1. The van der Waals surface area contributed by atoms with E-state index in [4.69, 9.17) is 9.84 Å². The van der Waals surface area contributed by atoms with Crippen molar-refractivity contribution in [2.45, 2.75) is 0 Å². The molecule has 0 aromatic carbocycles. The second-order valence-corrected chi connectivity index (χ2v) is 3.69. The third-order valence-electron chi connectivity index (χ3n) is 2.49. The molecule has 1 rings (SSSR count). The summed E-state index contributed by atoms with van der Waals surface area (Å²) in [4.78, 5) is 17.7. The van der Waals surface area contributed by atoms with Crippen molar-refractivity contribution in [3.8, 4) is 0 Å². The van der Waals surface area contributed by atoms with Crippen molar-refractivity contribution in [1.82, 2.24) is 9.88 Å². The van der Waals surface area contributed by atoms with Crippen LogP contribution in [0.1, 0.15) is 10.5 Å². The molecule has 0 aliphatic rings. The van der Waals surface area contributed by atoms with Crippen molar-refractivity contribution in [1.29, 1.82) is 0 Å². The number of hydrogen-bond acceptors (Lipinski definition) is 5. The van der Waals surface area contributed by atoms with E-state index in [0.29, 0.717) is 18.8 Å². The minimum absolute atomic E-state index is 0.0793. The molecule has 1 aromatic rings. The van der Waals surface area contributed by atoms with Crippen LogP contribution in [0.25, 0.3) is 0 Å². The molecule has 0 saturated heterocycles. The number of rotatable bonds is 7. The minimum Gasteiger partial charge on any atom is -0.395 e. The van der Waals surface area contributed by atoms with Gasteiger partial charge in [0.15, 0.2) is 0 Å². The fraction of sp³-hybridized carbons (Fsp3) is 0.500. The fourth-order valence-corrected chi connectivity index (χ4v) is 1.47. The molecule has 0 aliphatic heterocycles. The van der Waals surface area contributed by atoms with Gasteiger partial charge in [-0.1, -0.05) is 0 Å². The van der Waals surface area contributed by atoms with Crippen molar-refractivity contribution >= 4 is 11.6 Å². The molecular formula is C12H19N3O3. The summed E-state index contributed by atoms with van der Waals surface area (Å²) < 4.78 is 4.94. The zero-order valence-corrected chi connectivity index (χ0v) is 10.7. The predicted molar refractivity (Wildman–Crippen MR) is 68.6 cm³/mol. The number of aliphatic hydroxyl groups excluding tert-OH is 1. The first-order valence-electron chi connectivity index (χ1n) is 5.75. The van der Waals surface area contributed by atoms with Crippen molar-refractivity contribution in [3.05, 3.63) is 24.0 Å². The lowest BCUT2D eigenvalue weighted by Gasteiger charge is -2.20. The van der Waals surface area contributed by atoms with Crippen molar-refractivity contribution < 1.29 is 14.6 Å². The Morgan fingerprint density at radius 1 is 1.50 bits per heavy atom. The fourth-order valence-electron chi connectivity index (χ4n) is 1.47. The summed E-state index contributed by atoms with van der Waals surface area (Å²) >= 11 is 0.